The van der Waals surface area contributed by atoms with Crippen LogP contribution in [-0.2, 0) is 13.2 Å². The molecule has 1 atom stereocenters. The number of aliphatic hydroxyl groups excluding tert-OH is 1. The Hall–Kier alpha value is -2.08. The highest BCUT2D eigenvalue weighted by Gasteiger charge is 2.28. The number of benzene rings is 2. The fourth-order valence-electron chi connectivity index (χ4n) is 4.09. The molecule has 1 heterocycles. The van der Waals surface area contributed by atoms with Crippen molar-refractivity contribution in [3.63, 3.8) is 0 Å². The molecule has 1 saturated heterocycles. The third-order valence-corrected chi connectivity index (χ3v) is 5.61. The standard InChI is InChI=1S/C24H34N2O3/c1-19(2)26-13-12-25(17-22(26)11-14-27)16-21-9-10-23(24(15-21)28-3)29-18-20-7-5-4-6-8-20/h4-10,15,19,22,27H,11-14,16-18H2,1-3H3/t22-/m0/s1. The van der Waals surface area contributed by atoms with Gasteiger partial charge in [0, 0.05) is 44.9 Å². The first-order chi connectivity index (χ1) is 14.1. The summed E-state index contributed by atoms with van der Waals surface area (Å²) in [6.45, 7) is 9.17. The van der Waals surface area contributed by atoms with Gasteiger partial charge in [0.1, 0.15) is 6.61 Å². The summed E-state index contributed by atoms with van der Waals surface area (Å²) >= 11 is 0. The Kier molecular flexibility index (Phi) is 7.92. The molecule has 1 aliphatic heterocycles. The van der Waals surface area contributed by atoms with Gasteiger partial charge in [-0.15, -0.1) is 0 Å². The Labute approximate surface area is 174 Å². The van der Waals surface area contributed by atoms with Crippen LogP contribution in [-0.4, -0.2) is 60.3 Å². The molecule has 0 aromatic heterocycles. The molecule has 0 unspecified atom stereocenters. The average Bonchev–Trinajstić information content (AvgIpc) is 2.73. The molecular weight excluding hydrogens is 364 g/mol. The summed E-state index contributed by atoms with van der Waals surface area (Å²) in [5, 5.41) is 9.45. The summed E-state index contributed by atoms with van der Waals surface area (Å²) in [6.07, 6.45) is 0.824. The fraction of sp³-hybridized carbons (Fsp3) is 0.500. The molecule has 3 rings (SSSR count). The fourth-order valence-corrected chi connectivity index (χ4v) is 4.09. The van der Waals surface area contributed by atoms with Crippen LogP contribution in [0.3, 0.4) is 0 Å². The molecule has 0 radical (unpaired) electrons. The summed E-state index contributed by atoms with van der Waals surface area (Å²) in [5.74, 6) is 1.54. The van der Waals surface area contributed by atoms with Crippen molar-refractivity contribution in [3.8, 4) is 11.5 Å². The molecule has 0 aliphatic carbocycles. The normalized spacial score (nSPS) is 18.2. The van der Waals surface area contributed by atoms with Crippen molar-refractivity contribution in [3.05, 3.63) is 59.7 Å². The monoisotopic (exact) mass is 398 g/mol. The van der Waals surface area contributed by atoms with Crippen molar-refractivity contribution in [1.29, 1.82) is 0 Å². The molecule has 0 bridgehead atoms. The molecule has 29 heavy (non-hydrogen) atoms. The predicted octanol–water partition coefficient (Wildman–Crippen LogP) is 3.55. The lowest BCUT2D eigenvalue weighted by Crippen LogP contribution is -2.55. The lowest BCUT2D eigenvalue weighted by molar-refractivity contribution is 0.0349. The molecule has 0 saturated carbocycles. The molecule has 0 spiro atoms. The van der Waals surface area contributed by atoms with Crippen LogP contribution in [0.15, 0.2) is 48.5 Å². The Morgan fingerprint density at radius 2 is 1.83 bits per heavy atom. The van der Waals surface area contributed by atoms with Crippen LogP contribution in [0.1, 0.15) is 31.4 Å². The van der Waals surface area contributed by atoms with Gasteiger partial charge in [-0.05, 0) is 43.5 Å². The van der Waals surface area contributed by atoms with Crippen molar-refractivity contribution >= 4 is 0 Å². The van der Waals surface area contributed by atoms with Crippen LogP contribution in [0.4, 0.5) is 0 Å². The van der Waals surface area contributed by atoms with E-state index in [9.17, 15) is 5.11 Å². The second kappa shape index (κ2) is 10.6. The molecule has 0 amide bonds. The van der Waals surface area contributed by atoms with Crippen LogP contribution >= 0.6 is 0 Å². The summed E-state index contributed by atoms with van der Waals surface area (Å²) in [7, 11) is 1.69. The van der Waals surface area contributed by atoms with E-state index in [4.69, 9.17) is 9.47 Å². The predicted molar refractivity (Wildman–Crippen MR) is 116 cm³/mol. The summed E-state index contributed by atoms with van der Waals surface area (Å²) in [5.41, 5.74) is 2.35. The van der Waals surface area contributed by atoms with E-state index in [0.717, 1.165) is 49.7 Å². The first-order valence-electron chi connectivity index (χ1n) is 10.5. The maximum atomic E-state index is 9.45. The number of piperazine rings is 1. The highest BCUT2D eigenvalue weighted by Crippen LogP contribution is 2.30. The van der Waals surface area contributed by atoms with Gasteiger partial charge in [0.15, 0.2) is 11.5 Å². The molecule has 2 aromatic carbocycles. The van der Waals surface area contributed by atoms with E-state index < -0.39 is 0 Å². The van der Waals surface area contributed by atoms with E-state index in [1.165, 1.54) is 5.56 Å². The van der Waals surface area contributed by atoms with Crippen LogP contribution in [0.2, 0.25) is 0 Å². The molecule has 1 aliphatic rings. The van der Waals surface area contributed by atoms with E-state index in [-0.39, 0.29) is 6.61 Å². The Morgan fingerprint density at radius 3 is 2.52 bits per heavy atom. The average molecular weight is 399 g/mol. The van der Waals surface area contributed by atoms with Crippen molar-refractivity contribution < 1.29 is 14.6 Å². The van der Waals surface area contributed by atoms with Crippen LogP contribution in [0, 0.1) is 0 Å². The molecule has 158 valence electrons. The Morgan fingerprint density at radius 1 is 1.03 bits per heavy atom. The number of nitrogens with zero attached hydrogens (tertiary/aromatic N) is 2. The second-order valence-electron chi connectivity index (χ2n) is 7.99. The zero-order valence-corrected chi connectivity index (χ0v) is 17.9. The lowest BCUT2D eigenvalue weighted by Gasteiger charge is -2.43. The van der Waals surface area contributed by atoms with Crippen molar-refractivity contribution in [2.75, 3.05) is 33.4 Å². The highest BCUT2D eigenvalue weighted by molar-refractivity contribution is 5.43. The lowest BCUT2D eigenvalue weighted by atomic mass is 10.1. The minimum absolute atomic E-state index is 0.239. The van der Waals surface area contributed by atoms with Crippen LogP contribution in [0.5, 0.6) is 11.5 Å². The Balaban J connectivity index is 1.62. The van der Waals surface area contributed by atoms with Crippen molar-refractivity contribution in [2.24, 2.45) is 0 Å². The topological polar surface area (TPSA) is 45.2 Å². The van der Waals surface area contributed by atoms with E-state index in [1.807, 2.05) is 24.3 Å². The highest BCUT2D eigenvalue weighted by atomic mass is 16.5. The molecule has 1 N–H and O–H groups in total. The van der Waals surface area contributed by atoms with E-state index in [2.05, 4.69) is 47.9 Å². The molecule has 5 nitrogen and oxygen atoms in total. The van der Waals surface area contributed by atoms with Gasteiger partial charge in [-0.1, -0.05) is 36.4 Å². The number of aliphatic hydroxyl groups is 1. The van der Waals surface area contributed by atoms with E-state index >= 15 is 0 Å². The molecule has 5 heteroatoms. The van der Waals surface area contributed by atoms with Crippen LogP contribution in [0.25, 0.3) is 0 Å². The first kappa shape index (κ1) is 21.6. The number of ether oxygens (including phenoxy) is 2. The number of methoxy groups -OCH3 is 1. The van der Waals surface area contributed by atoms with Gasteiger partial charge in [-0.25, -0.2) is 0 Å². The SMILES string of the molecule is COc1cc(CN2CCN(C(C)C)[C@@H](CCO)C2)ccc1OCc1ccccc1. The van der Waals surface area contributed by atoms with Gasteiger partial charge in [-0.3, -0.25) is 9.80 Å². The Bertz CT molecular complexity index is 751. The zero-order valence-electron chi connectivity index (χ0n) is 17.9. The van der Waals surface area contributed by atoms with Gasteiger partial charge < -0.3 is 14.6 Å². The zero-order chi connectivity index (χ0) is 20.6. The third kappa shape index (κ3) is 5.95. The summed E-state index contributed by atoms with van der Waals surface area (Å²) in [6, 6.07) is 17.3. The van der Waals surface area contributed by atoms with Gasteiger partial charge in [0.05, 0.1) is 7.11 Å². The van der Waals surface area contributed by atoms with Crippen molar-refractivity contribution in [1.82, 2.24) is 9.80 Å². The van der Waals surface area contributed by atoms with Gasteiger partial charge in [-0.2, -0.15) is 0 Å². The minimum Gasteiger partial charge on any atom is -0.493 e. The quantitative estimate of drug-likeness (QED) is 0.700. The van der Waals surface area contributed by atoms with Gasteiger partial charge >= 0.3 is 0 Å². The number of hydrogen-bond acceptors (Lipinski definition) is 5. The maximum Gasteiger partial charge on any atom is 0.161 e. The van der Waals surface area contributed by atoms with E-state index in [0.29, 0.717) is 18.7 Å². The largest absolute Gasteiger partial charge is 0.493 e. The molecule has 2 aromatic rings. The van der Waals surface area contributed by atoms with Gasteiger partial charge in [0.25, 0.3) is 0 Å². The van der Waals surface area contributed by atoms with E-state index in [1.54, 1.807) is 7.11 Å². The smallest absolute Gasteiger partial charge is 0.161 e. The third-order valence-electron chi connectivity index (χ3n) is 5.61. The number of hydrogen-bond donors (Lipinski definition) is 1. The summed E-state index contributed by atoms with van der Waals surface area (Å²) in [4.78, 5) is 4.98. The minimum atomic E-state index is 0.239. The summed E-state index contributed by atoms with van der Waals surface area (Å²) < 4.78 is 11.6. The molecule has 1 fully saturated rings. The number of rotatable bonds is 9. The second-order valence-corrected chi connectivity index (χ2v) is 7.99. The van der Waals surface area contributed by atoms with Crippen molar-refractivity contribution in [2.45, 2.75) is 45.5 Å². The van der Waals surface area contributed by atoms with Gasteiger partial charge in [0.2, 0.25) is 0 Å². The first-order valence-corrected chi connectivity index (χ1v) is 10.5. The maximum absolute atomic E-state index is 9.45. The molecular formula is C24H34N2O3. The van der Waals surface area contributed by atoms with Crippen LogP contribution < -0.4 is 9.47 Å².